The van der Waals surface area contributed by atoms with E-state index in [4.69, 9.17) is 4.74 Å². The minimum absolute atomic E-state index is 0.346. The molecule has 1 aromatic rings. The summed E-state index contributed by atoms with van der Waals surface area (Å²) in [5.74, 6) is 1.31. The highest BCUT2D eigenvalue weighted by atomic mass is 16.5. The van der Waals surface area contributed by atoms with Crippen LogP contribution in [-0.4, -0.2) is 84.3 Å². The highest BCUT2D eigenvalue weighted by Gasteiger charge is 2.28. The molecule has 2 aliphatic rings. The molecule has 3 heterocycles. The molecule has 0 unspecified atom stereocenters. The van der Waals surface area contributed by atoms with Gasteiger partial charge in [0.1, 0.15) is 5.82 Å². The molecule has 0 aliphatic carbocycles. The van der Waals surface area contributed by atoms with Gasteiger partial charge in [-0.3, -0.25) is 9.80 Å². The van der Waals surface area contributed by atoms with Gasteiger partial charge in [0.2, 0.25) is 0 Å². The molecule has 25 heavy (non-hydrogen) atoms. The molecule has 0 aromatic carbocycles. The molecule has 0 spiro atoms. The summed E-state index contributed by atoms with van der Waals surface area (Å²) in [6.45, 7) is 17.3. The number of likely N-dealkylation sites (tertiary alicyclic amines) is 1. The summed E-state index contributed by atoms with van der Waals surface area (Å²) in [5.41, 5.74) is 1.15. The van der Waals surface area contributed by atoms with Crippen LogP contribution in [0.3, 0.4) is 0 Å². The van der Waals surface area contributed by atoms with E-state index in [1.807, 2.05) is 12.4 Å². The fourth-order valence-corrected chi connectivity index (χ4v) is 3.48. The van der Waals surface area contributed by atoms with Crippen LogP contribution >= 0.6 is 0 Å². The molecular formula is C19H33N5O. The maximum absolute atomic E-state index is 5.82. The maximum atomic E-state index is 5.82. The lowest BCUT2D eigenvalue weighted by Gasteiger charge is -2.42. The molecule has 6 heteroatoms. The molecule has 1 aromatic heterocycles. The summed E-state index contributed by atoms with van der Waals surface area (Å²) in [5, 5.41) is 0. The molecule has 2 aliphatic heterocycles. The van der Waals surface area contributed by atoms with Gasteiger partial charge < -0.3 is 9.64 Å². The van der Waals surface area contributed by atoms with Gasteiger partial charge in [-0.2, -0.15) is 0 Å². The number of aromatic nitrogens is 2. The summed E-state index contributed by atoms with van der Waals surface area (Å²) >= 11 is 0. The minimum atomic E-state index is 0.346. The second-order valence-corrected chi connectivity index (χ2v) is 7.85. The summed E-state index contributed by atoms with van der Waals surface area (Å²) in [6.07, 6.45) is 4.75. The Balaban J connectivity index is 1.35. The molecule has 0 atom stereocenters. The van der Waals surface area contributed by atoms with Gasteiger partial charge in [0.05, 0.1) is 30.3 Å². The van der Waals surface area contributed by atoms with E-state index in [9.17, 15) is 0 Å². The van der Waals surface area contributed by atoms with Crippen LogP contribution in [0.2, 0.25) is 0 Å². The van der Waals surface area contributed by atoms with Crippen molar-refractivity contribution in [1.82, 2.24) is 19.8 Å². The van der Waals surface area contributed by atoms with Crippen LogP contribution in [0.4, 0.5) is 5.69 Å². The van der Waals surface area contributed by atoms with Crippen LogP contribution in [0, 0.1) is 0 Å². The van der Waals surface area contributed by atoms with E-state index in [0.29, 0.717) is 18.1 Å². The van der Waals surface area contributed by atoms with Crippen LogP contribution in [0.1, 0.15) is 39.4 Å². The molecule has 0 amide bonds. The number of nitrogens with zero attached hydrogens (tertiary/aromatic N) is 5. The maximum Gasteiger partial charge on any atom is 0.130 e. The molecule has 0 bridgehead atoms. The van der Waals surface area contributed by atoms with Crippen molar-refractivity contribution in [3.8, 4) is 0 Å². The lowest BCUT2D eigenvalue weighted by atomic mass is 10.1. The Kier molecular flexibility index (Phi) is 6.25. The Morgan fingerprint density at radius 1 is 0.960 bits per heavy atom. The zero-order valence-corrected chi connectivity index (χ0v) is 16.2. The molecule has 3 rings (SSSR count). The number of anilines is 1. The van der Waals surface area contributed by atoms with Crippen LogP contribution < -0.4 is 4.90 Å². The second kappa shape index (κ2) is 8.43. The van der Waals surface area contributed by atoms with E-state index in [1.165, 1.54) is 0 Å². The number of ether oxygens (including phenoxy) is 1. The third-order valence-electron chi connectivity index (χ3n) is 5.03. The highest BCUT2D eigenvalue weighted by molar-refractivity contribution is 5.42. The van der Waals surface area contributed by atoms with Crippen LogP contribution in [-0.2, 0) is 4.74 Å². The predicted octanol–water partition coefficient (Wildman–Crippen LogP) is 1.83. The van der Waals surface area contributed by atoms with Gasteiger partial charge in [-0.15, -0.1) is 0 Å². The lowest BCUT2D eigenvalue weighted by Crippen LogP contribution is -2.56. The summed E-state index contributed by atoms with van der Waals surface area (Å²) in [7, 11) is 0. The van der Waals surface area contributed by atoms with E-state index in [2.05, 4.69) is 52.4 Å². The first-order valence-corrected chi connectivity index (χ1v) is 9.68. The molecule has 0 saturated carbocycles. The van der Waals surface area contributed by atoms with Crippen LogP contribution in [0.25, 0.3) is 0 Å². The monoisotopic (exact) mass is 347 g/mol. The first-order valence-electron chi connectivity index (χ1n) is 9.68. The second-order valence-electron chi connectivity index (χ2n) is 7.85. The van der Waals surface area contributed by atoms with Gasteiger partial charge in [0.25, 0.3) is 0 Å². The van der Waals surface area contributed by atoms with Crippen LogP contribution in [0.5, 0.6) is 0 Å². The van der Waals surface area contributed by atoms with Crippen molar-refractivity contribution in [3.63, 3.8) is 0 Å². The van der Waals surface area contributed by atoms with Gasteiger partial charge in [0.15, 0.2) is 0 Å². The topological polar surface area (TPSA) is 44.7 Å². The van der Waals surface area contributed by atoms with Gasteiger partial charge >= 0.3 is 0 Å². The molecule has 0 radical (unpaired) electrons. The SMILES string of the molecule is CC(C)OC1CN(CCN2CCN(c3cnc(C(C)C)nc3)CC2)C1. The quantitative estimate of drug-likeness (QED) is 0.750. The summed E-state index contributed by atoms with van der Waals surface area (Å²) < 4.78 is 5.82. The van der Waals surface area contributed by atoms with Gasteiger partial charge in [-0.1, -0.05) is 13.8 Å². The summed E-state index contributed by atoms with van der Waals surface area (Å²) in [6, 6.07) is 0. The van der Waals surface area contributed by atoms with Crippen molar-refractivity contribution in [2.75, 3.05) is 57.3 Å². The van der Waals surface area contributed by atoms with Crippen molar-refractivity contribution in [1.29, 1.82) is 0 Å². The molecule has 0 N–H and O–H groups in total. The predicted molar refractivity (Wildman–Crippen MR) is 101 cm³/mol. The van der Waals surface area contributed by atoms with E-state index in [0.717, 1.165) is 63.9 Å². The molecule has 140 valence electrons. The van der Waals surface area contributed by atoms with Crippen molar-refractivity contribution >= 4 is 5.69 Å². The molecule has 2 saturated heterocycles. The number of hydrogen-bond acceptors (Lipinski definition) is 6. The van der Waals surface area contributed by atoms with E-state index >= 15 is 0 Å². The average molecular weight is 348 g/mol. The minimum Gasteiger partial charge on any atom is -0.373 e. The normalized spacial score (nSPS) is 20.5. The van der Waals surface area contributed by atoms with Gasteiger partial charge in [-0.05, 0) is 13.8 Å². The summed E-state index contributed by atoms with van der Waals surface area (Å²) in [4.78, 5) is 16.4. The largest absolute Gasteiger partial charge is 0.373 e. The number of rotatable bonds is 7. The third-order valence-corrected chi connectivity index (χ3v) is 5.03. The van der Waals surface area contributed by atoms with Gasteiger partial charge in [0, 0.05) is 58.3 Å². The number of piperazine rings is 1. The van der Waals surface area contributed by atoms with Crippen molar-refractivity contribution < 1.29 is 4.74 Å². The van der Waals surface area contributed by atoms with Crippen molar-refractivity contribution in [3.05, 3.63) is 18.2 Å². The molecule has 2 fully saturated rings. The first kappa shape index (κ1) is 18.5. The standard InChI is InChI=1S/C19H33N5O/c1-15(2)19-20-11-17(12-21-19)24-9-7-22(8-10-24)5-6-23-13-18(14-23)25-16(3)4/h11-12,15-16,18H,5-10,13-14H2,1-4H3. The van der Waals surface area contributed by atoms with Crippen LogP contribution in [0.15, 0.2) is 12.4 Å². The molecule has 6 nitrogen and oxygen atoms in total. The zero-order chi connectivity index (χ0) is 17.8. The Bertz CT molecular complexity index is 519. The Morgan fingerprint density at radius 2 is 1.56 bits per heavy atom. The zero-order valence-electron chi connectivity index (χ0n) is 16.2. The fraction of sp³-hybridized carbons (Fsp3) is 0.789. The van der Waals surface area contributed by atoms with Crippen molar-refractivity contribution in [2.24, 2.45) is 0 Å². The highest BCUT2D eigenvalue weighted by Crippen LogP contribution is 2.17. The average Bonchev–Trinajstić information content (AvgIpc) is 2.57. The first-order chi connectivity index (χ1) is 12.0. The molecular weight excluding hydrogens is 314 g/mol. The van der Waals surface area contributed by atoms with E-state index in [1.54, 1.807) is 0 Å². The smallest absolute Gasteiger partial charge is 0.130 e. The fourth-order valence-electron chi connectivity index (χ4n) is 3.48. The van der Waals surface area contributed by atoms with E-state index < -0.39 is 0 Å². The van der Waals surface area contributed by atoms with Crippen molar-refractivity contribution in [2.45, 2.75) is 45.8 Å². The third kappa shape index (κ3) is 5.12. The lowest BCUT2D eigenvalue weighted by molar-refractivity contribution is -0.0819. The van der Waals surface area contributed by atoms with Gasteiger partial charge in [-0.25, -0.2) is 9.97 Å². The van der Waals surface area contributed by atoms with E-state index in [-0.39, 0.29) is 0 Å². The Morgan fingerprint density at radius 3 is 2.12 bits per heavy atom. The Hall–Kier alpha value is -1.24. The number of hydrogen-bond donors (Lipinski definition) is 0. The Labute approximate surface area is 152 Å².